The average Bonchev–Trinajstić information content (AvgIpc) is 3.57. The number of benzene rings is 2. The molecule has 4 heterocycles. The van der Waals surface area contributed by atoms with Crippen LogP contribution in [-0.2, 0) is 18.3 Å². The lowest BCUT2D eigenvalue weighted by atomic mass is 9.91. The summed E-state index contributed by atoms with van der Waals surface area (Å²) in [6.07, 6.45) is 6.01. The van der Waals surface area contributed by atoms with E-state index in [1.807, 2.05) is 31.0 Å². The first-order chi connectivity index (χ1) is 20.8. The Kier molecular flexibility index (Phi) is 7.62. The predicted molar refractivity (Wildman–Crippen MR) is 177 cm³/mol. The van der Waals surface area contributed by atoms with Crippen molar-refractivity contribution in [3.8, 4) is 33.5 Å². The summed E-state index contributed by atoms with van der Waals surface area (Å²) in [6.45, 7) is 14.1. The number of hydrogen-bond donors (Lipinski definition) is 2. The molecule has 43 heavy (non-hydrogen) atoms. The van der Waals surface area contributed by atoms with Crippen LogP contribution >= 0.6 is 0 Å². The van der Waals surface area contributed by atoms with Crippen LogP contribution in [0, 0.1) is 13.8 Å². The summed E-state index contributed by atoms with van der Waals surface area (Å²) in [5.74, 6) is -0.232. The fourth-order valence-corrected chi connectivity index (χ4v) is 6.09. The van der Waals surface area contributed by atoms with Gasteiger partial charge in [0.2, 0.25) is 5.91 Å². The number of nitrogens with zero attached hydrogens (tertiary/aromatic N) is 5. The van der Waals surface area contributed by atoms with Crippen molar-refractivity contribution >= 4 is 28.3 Å². The first-order valence-corrected chi connectivity index (χ1v) is 14.9. The maximum absolute atomic E-state index is 12.3. The number of carbonyl (C=O) groups excluding carboxylic acids is 1. The number of anilines is 2. The van der Waals surface area contributed by atoms with Gasteiger partial charge in [0.15, 0.2) is 0 Å². The number of aromatic amines is 1. The largest absolute Gasteiger partial charge is 0.369 e. The minimum absolute atomic E-state index is 0.232. The van der Waals surface area contributed by atoms with Gasteiger partial charge in [0.05, 0.1) is 11.9 Å². The van der Waals surface area contributed by atoms with Crippen molar-refractivity contribution in [3.63, 3.8) is 0 Å². The van der Waals surface area contributed by atoms with Gasteiger partial charge in [-0.1, -0.05) is 37.8 Å². The highest BCUT2D eigenvalue weighted by Crippen LogP contribution is 2.43. The quantitative estimate of drug-likeness (QED) is 0.222. The van der Waals surface area contributed by atoms with Crippen LogP contribution in [0.4, 0.5) is 11.4 Å². The Morgan fingerprint density at radius 3 is 2.37 bits per heavy atom. The molecule has 1 saturated heterocycles. The summed E-state index contributed by atoms with van der Waals surface area (Å²) in [5.41, 5.74) is 12.5. The lowest BCUT2D eigenvalue weighted by Crippen LogP contribution is -2.44. The molecule has 0 unspecified atom stereocenters. The molecule has 0 bridgehead atoms. The van der Waals surface area contributed by atoms with Crippen LogP contribution in [0.5, 0.6) is 0 Å². The number of aromatic nitrogens is 4. The third-order valence-corrected chi connectivity index (χ3v) is 8.80. The Morgan fingerprint density at radius 1 is 1.00 bits per heavy atom. The van der Waals surface area contributed by atoms with Crippen LogP contribution in [0.1, 0.15) is 23.7 Å². The third kappa shape index (κ3) is 5.23. The molecule has 0 saturated carbocycles. The van der Waals surface area contributed by atoms with Crippen LogP contribution in [0.25, 0.3) is 44.5 Å². The summed E-state index contributed by atoms with van der Waals surface area (Å²) in [4.78, 5) is 25.8. The van der Waals surface area contributed by atoms with E-state index < -0.39 is 0 Å². The van der Waals surface area contributed by atoms with Crippen molar-refractivity contribution in [1.29, 1.82) is 0 Å². The van der Waals surface area contributed by atoms with Gasteiger partial charge < -0.3 is 20.1 Å². The maximum atomic E-state index is 12.3. The molecule has 2 N–H and O–H groups in total. The molecule has 1 amide bonds. The van der Waals surface area contributed by atoms with E-state index in [-0.39, 0.29) is 5.91 Å². The lowest BCUT2D eigenvalue weighted by molar-refractivity contribution is -0.111. The highest BCUT2D eigenvalue weighted by molar-refractivity contribution is 6.07. The number of aryl methyl sites for hydroxylation is 3. The molecule has 0 atom stereocenters. The molecular weight excluding hydrogens is 534 g/mol. The van der Waals surface area contributed by atoms with Gasteiger partial charge in [0.1, 0.15) is 5.65 Å². The first-order valence-electron chi connectivity index (χ1n) is 14.9. The molecule has 8 nitrogen and oxygen atoms in total. The highest BCUT2D eigenvalue weighted by atomic mass is 16.1. The Labute approximate surface area is 253 Å². The van der Waals surface area contributed by atoms with Crippen LogP contribution in [0.15, 0.2) is 67.5 Å². The van der Waals surface area contributed by atoms with E-state index in [0.29, 0.717) is 0 Å². The second-order valence-electron chi connectivity index (χ2n) is 11.4. The molecule has 0 radical (unpaired) electrons. The number of amides is 1. The maximum Gasteiger partial charge on any atom is 0.247 e. The van der Waals surface area contributed by atoms with E-state index in [1.54, 1.807) is 0 Å². The van der Waals surface area contributed by atoms with Crippen molar-refractivity contribution in [2.75, 3.05) is 43.4 Å². The van der Waals surface area contributed by atoms with Crippen molar-refractivity contribution in [3.05, 3.63) is 84.3 Å². The van der Waals surface area contributed by atoms with E-state index in [2.05, 4.69) is 95.1 Å². The fourth-order valence-electron chi connectivity index (χ4n) is 6.09. The number of hydrogen-bond acceptors (Lipinski definition) is 5. The smallest absolute Gasteiger partial charge is 0.247 e. The van der Waals surface area contributed by atoms with Crippen molar-refractivity contribution in [2.45, 2.75) is 27.2 Å². The molecule has 1 aliphatic heterocycles. The zero-order chi connectivity index (χ0) is 30.2. The molecule has 2 aromatic carbocycles. The third-order valence-electron chi connectivity index (χ3n) is 8.80. The van der Waals surface area contributed by atoms with Crippen LogP contribution in [0.2, 0.25) is 0 Å². The molecule has 3 aromatic heterocycles. The van der Waals surface area contributed by atoms with E-state index in [0.717, 1.165) is 94.1 Å². The van der Waals surface area contributed by atoms with Gasteiger partial charge in [-0.05, 0) is 73.8 Å². The number of pyridine rings is 1. The van der Waals surface area contributed by atoms with Gasteiger partial charge in [0.25, 0.3) is 0 Å². The summed E-state index contributed by atoms with van der Waals surface area (Å²) in [5, 5.41) is 8.59. The van der Waals surface area contributed by atoms with Gasteiger partial charge in [0, 0.05) is 78.6 Å². The van der Waals surface area contributed by atoms with Gasteiger partial charge >= 0.3 is 0 Å². The predicted octanol–water partition coefficient (Wildman–Crippen LogP) is 6.35. The highest BCUT2D eigenvalue weighted by Gasteiger charge is 2.23. The van der Waals surface area contributed by atoms with Crippen molar-refractivity contribution in [2.24, 2.45) is 7.05 Å². The van der Waals surface area contributed by atoms with Crippen LogP contribution in [0.3, 0.4) is 0 Å². The fraction of sp³-hybridized carbons (Fsp3) is 0.286. The monoisotopic (exact) mass is 573 g/mol. The second-order valence-corrected chi connectivity index (χ2v) is 11.4. The van der Waals surface area contributed by atoms with E-state index in [4.69, 9.17) is 4.98 Å². The number of carbonyl (C=O) groups is 1. The minimum Gasteiger partial charge on any atom is -0.369 e. The van der Waals surface area contributed by atoms with E-state index in [9.17, 15) is 4.79 Å². The Balaban J connectivity index is 1.56. The Hall–Kier alpha value is -4.69. The minimum atomic E-state index is -0.232. The average molecular weight is 574 g/mol. The van der Waals surface area contributed by atoms with Crippen LogP contribution < -0.4 is 10.2 Å². The zero-order valence-electron chi connectivity index (χ0n) is 25.7. The molecule has 0 spiro atoms. The lowest BCUT2D eigenvalue weighted by Gasteiger charge is -2.34. The molecule has 1 fully saturated rings. The topological polar surface area (TPSA) is 82.1 Å². The number of fused-ring (bicyclic) bond motifs is 1. The SMILES string of the molecule is C=CC(=O)Nc1cc(-c2c(-c3ccc(N4CCN(C)CC4)cc3)[nH]c3ncc(-c4cnn(C)c4C)c(CC)c23)ccc1C. The standard InChI is InChI=1S/C35H39N7O/c1-7-27-29(28-21-37-41(6)23(28)4)20-36-35-33(27)32(25-10-9-22(3)30(19-25)38-31(43)8-2)34(39-35)24-11-13-26(14-12-24)42-17-15-40(5)16-18-42/h8-14,19-21H,2,7,15-18H2,1,3-6H3,(H,36,39)(H,38,43). The van der Waals surface area contributed by atoms with E-state index in [1.165, 1.54) is 17.3 Å². The second kappa shape index (κ2) is 11.5. The van der Waals surface area contributed by atoms with Gasteiger partial charge in [-0.25, -0.2) is 4.98 Å². The number of nitrogens with one attached hydrogen (secondary N) is 2. The summed E-state index contributed by atoms with van der Waals surface area (Å²) < 4.78 is 1.90. The number of likely N-dealkylation sites (N-methyl/N-ethyl adjacent to an activating group) is 1. The Morgan fingerprint density at radius 2 is 1.72 bits per heavy atom. The van der Waals surface area contributed by atoms with Gasteiger partial charge in [-0.15, -0.1) is 0 Å². The molecule has 6 rings (SSSR count). The van der Waals surface area contributed by atoms with Gasteiger partial charge in [-0.3, -0.25) is 9.48 Å². The Bertz CT molecular complexity index is 1820. The molecule has 220 valence electrons. The molecule has 5 aromatic rings. The van der Waals surface area contributed by atoms with Gasteiger partial charge in [-0.2, -0.15) is 5.10 Å². The number of rotatable bonds is 7. The molecule has 8 heteroatoms. The molecule has 0 aliphatic carbocycles. The van der Waals surface area contributed by atoms with Crippen LogP contribution in [-0.4, -0.2) is 63.8 Å². The van der Waals surface area contributed by atoms with E-state index >= 15 is 0 Å². The molecular formula is C35H39N7O. The van der Waals surface area contributed by atoms with Crippen molar-refractivity contribution in [1.82, 2.24) is 24.6 Å². The number of piperazine rings is 1. The summed E-state index contributed by atoms with van der Waals surface area (Å²) >= 11 is 0. The normalized spacial score (nSPS) is 13.9. The summed E-state index contributed by atoms with van der Waals surface area (Å²) in [7, 11) is 4.14. The van der Waals surface area contributed by atoms with Crippen molar-refractivity contribution < 1.29 is 4.79 Å². The zero-order valence-corrected chi connectivity index (χ0v) is 25.7. The molecule has 1 aliphatic rings. The number of H-pyrrole nitrogens is 1. The first kappa shape index (κ1) is 28.4. The summed E-state index contributed by atoms with van der Waals surface area (Å²) in [6, 6.07) is 15.1.